The van der Waals surface area contributed by atoms with Crippen LogP contribution in [-0.4, -0.2) is 29.8 Å². The van der Waals surface area contributed by atoms with E-state index in [0.29, 0.717) is 17.3 Å². The van der Waals surface area contributed by atoms with Gasteiger partial charge in [0.15, 0.2) is 6.61 Å². The van der Waals surface area contributed by atoms with Crippen LogP contribution < -0.4 is 10.1 Å². The summed E-state index contributed by atoms with van der Waals surface area (Å²) in [4.78, 5) is 11.6. The molecule has 5 heteroatoms. The Bertz CT molecular complexity index is 472. The summed E-state index contributed by atoms with van der Waals surface area (Å²) in [6, 6.07) is 5.32. The first-order chi connectivity index (χ1) is 9.00. The maximum Gasteiger partial charge on any atom is 0.258 e. The van der Waals surface area contributed by atoms with Crippen molar-refractivity contribution in [1.29, 1.82) is 0 Å². The van der Waals surface area contributed by atoms with Crippen molar-refractivity contribution >= 4 is 17.5 Å². The van der Waals surface area contributed by atoms with E-state index in [4.69, 9.17) is 16.3 Å². The quantitative estimate of drug-likeness (QED) is 0.870. The summed E-state index contributed by atoms with van der Waals surface area (Å²) in [5.74, 6) is 0.365. The SMILES string of the molecule is Cc1c(Cl)cccc1OCC(=O)NCC1(O)CCC1. The molecule has 0 saturated heterocycles. The minimum absolute atomic E-state index is 0.0722. The highest BCUT2D eigenvalue weighted by atomic mass is 35.5. The highest BCUT2D eigenvalue weighted by Gasteiger charge is 2.34. The number of carbonyl (C=O) groups excluding carboxylic acids is 1. The van der Waals surface area contributed by atoms with Gasteiger partial charge in [-0.15, -0.1) is 0 Å². The number of rotatable bonds is 5. The minimum Gasteiger partial charge on any atom is -0.483 e. The van der Waals surface area contributed by atoms with Crippen LogP contribution in [0.3, 0.4) is 0 Å². The van der Waals surface area contributed by atoms with Crippen LogP contribution in [0.4, 0.5) is 0 Å². The zero-order chi connectivity index (χ0) is 13.9. The minimum atomic E-state index is -0.707. The van der Waals surface area contributed by atoms with Crippen molar-refractivity contribution in [3.05, 3.63) is 28.8 Å². The van der Waals surface area contributed by atoms with E-state index in [1.807, 2.05) is 6.92 Å². The van der Waals surface area contributed by atoms with Gasteiger partial charge in [0, 0.05) is 17.1 Å². The number of hydrogen-bond donors (Lipinski definition) is 2. The van der Waals surface area contributed by atoms with E-state index in [-0.39, 0.29) is 12.5 Å². The molecule has 0 atom stereocenters. The molecule has 1 aromatic rings. The number of hydrogen-bond acceptors (Lipinski definition) is 3. The van der Waals surface area contributed by atoms with E-state index in [2.05, 4.69) is 5.32 Å². The Hall–Kier alpha value is -1.26. The summed E-state index contributed by atoms with van der Waals surface area (Å²) in [7, 11) is 0. The second kappa shape index (κ2) is 5.80. The van der Waals surface area contributed by atoms with Crippen LogP contribution in [0.1, 0.15) is 24.8 Å². The first-order valence-electron chi connectivity index (χ1n) is 6.37. The Kier molecular flexibility index (Phi) is 4.32. The normalized spacial score (nSPS) is 16.6. The fourth-order valence-electron chi connectivity index (χ4n) is 1.96. The van der Waals surface area contributed by atoms with Gasteiger partial charge in [0.05, 0.1) is 5.60 Å². The molecular formula is C14H18ClNO3. The Labute approximate surface area is 117 Å². The lowest BCUT2D eigenvalue weighted by Gasteiger charge is -2.36. The first kappa shape index (κ1) is 14.2. The molecule has 19 heavy (non-hydrogen) atoms. The van der Waals surface area contributed by atoms with Gasteiger partial charge in [-0.3, -0.25) is 4.79 Å². The molecule has 0 radical (unpaired) electrons. The third kappa shape index (κ3) is 3.61. The molecule has 0 aliphatic heterocycles. The monoisotopic (exact) mass is 283 g/mol. The van der Waals surface area contributed by atoms with E-state index >= 15 is 0 Å². The molecule has 1 aromatic carbocycles. The first-order valence-corrected chi connectivity index (χ1v) is 6.75. The molecule has 1 fully saturated rings. The number of amides is 1. The van der Waals surface area contributed by atoms with E-state index < -0.39 is 5.60 Å². The summed E-state index contributed by atoms with van der Waals surface area (Å²) < 4.78 is 5.42. The van der Waals surface area contributed by atoms with Crippen LogP contribution in [0, 0.1) is 6.92 Å². The lowest BCUT2D eigenvalue weighted by Crippen LogP contribution is -2.48. The Morgan fingerprint density at radius 3 is 2.89 bits per heavy atom. The van der Waals surface area contributed by atoms with Gasteiger partial charge in [0.25, 0.3) is 5.91 Å². The van der Waals surface area contributed by atoms with Gasteiger partial charge in [0.1, 0.15) is 5.75 Å². The van der Waals surface area contributed by atoms with Crippen molar-refractivity contribution in [3.8, 4) is 5.75 Å². The van der Waals surface area contributed by atoms with Crippen molar-refractivity contribution in [2.45, 2.75) is 31.8 Å². The average molecular weight is 284 g/mol. The van der Waals surface area contributed by atoms with Gasteiger partial charge >= 0.3 is 0 Å². The van der Waals surface area contributed by atoms with Gasteiger partial charge in [0.2, 0.25) is 0 Å². The lowest BCUT2D eigenvalue weighted by atomic mass is 9.80. The summed E-state index contributed by atoms with van der Waals surface area (Å²) in [5, 5.41) is 13.1. The zero-order valence-corrected chi connectivity index (χ0v) is 11.7. The molecule has 1 amide bonds. The number of aliphatic hydroxyl groups is 1. The maximum atomic E-state index is 11.6. The smallest absolute Gasteiger partial charge is 0.258 e. The Balaban J connectivity index is 1.78. The fraction of sp³-hybridized carbons (Fsp3) is 0.500. The van der Waals surface area contributed by atoms with Gasteiger partial charge in [-0.1, -0.05) is 17.7 Å². The van der Waals surface area contributed by atoms with Crippen molar-refractivity contribution in [1.82, 2.24) is 5.32 Å². The second-order valence-electron chi connectivity index (χ2n) is 5.01. The molecule has 4 nitrogen and oxygen atoms in total. The van der Waals surface area contributed by atoms with E-state index in [9.17, 15) is 9.90 Å². The largest absolute Gasteiger partial charge is 0.483 e. The Morgan fingerprint density at radius 2 is 2.26 bits per heavy atom. The maximum absolute atomic E-state index is 11.6. The van der Waals surface area contributed by atoms with Crippen LogP contribution in [0.25, 0.3) is 0 Å². The molecule has 0 bridgehead atoms. The Morgan fingerprint density at radius 1 is 1.53 bits per heavy atom. The number of nitrogens with one attached hydrogen (secondary N) is 1. The van der Waals surface area contributed by atoms with Crippen LogP contribution in [0.2, 0.25) is 5.02 Å². The van der Waals surface area contributed by atoms with E-state index in [1.54, 1.807) is 18.2 Å². The molecule has 2 rings (SSSR count). The predicted octanol–water partition coefficient (Wildman–Crippen LogP) is 2.06. The summed E-state index contributed by atoms with van der Waals surface area (Å²) in [5.41, 5.74) is 0.108. The molecule has 1 saturated carbocycles. The number of carbonyl (C=O) groups is 1. The third-order valence-electron chi connectivity index (χ3n) is 3.48. The number of ether oxygens (including phenoxy) is 1. The van der Waals surface area contributed by atoms with Crippen LogP contribution in [0.15, 0.2) is 18.2 Å². The summed E-state index contributed by atoms with van der Waals surface area (Å²) in [6.45, 7) is 2.06. The molecule has 1 aliphatic carbocycles. The molecule has 0 unspecified atom stereocenters. The number of halogens is 1. The van der Waals surface area contributed by atoms with Gasteiger partial charge in [-0.05, 0) is 38.3 Å². The molecule has 0 spiro atoms. The standard InChI is InChI=1S/C14H18ClNO3/c1-10-11(15)4-2-5-12(10)19-8-13(17)16-9-14(18)6-3-7-14/h2,4-5,18H,3,6-9H2,1H3,(H,16,17). The lowest BCUT2D eigenvalue weighted by molar-refractivity contribution is -0.125. The van der Waals surface area contributed by atoms with Crippen molar-refractivity contribution in [3.63, 3.8) is 0 Å². The fourth-order valence-corrected chi connectivity index (χ4v) is 2.13. The summed E-state index contributed by atoms with van der Waals surface area (Å²) in [6.07, 6.45) is 2.52. The zero-order valence-electron chi connectivity index (χ0n) is 10.9. The van der Waals surface area contributed by atoms with Gasteiger partial charge in [-0.2, -0.15) is 0 Å². The average Bonchev–Trinajstić information content (AvgIpc) is 2.36. The van der Waals surface area contributed by atoms with Crippen molar-refractivity contribution in [2.24, 2.45) is 0 Å². The molecule has 0 aromatic heterocycles. The molecule has 104 valence electrons. The second-order valence-corrected chi connectivity index (χ2v) is 5.41. The predicted molar refractivity (Wildman–Crippen MR) is 73.5 cm³/mol. The van der Waals surface area contributed by atoms with Crippen LogP contribution >= 0.6 is 11.6 Å². The van der Waals surface area contributed by atoms with Crippen molar-refractivity contribution < 1.29 is 14.6 Å². The molecule has 1 aliphatic rings. The molecule has 0 heterocycles. The van der Waals surface area contributed by atoms with Gasteiger partial charge < -0.3 is 15.2 Å². The van der Waals surface area contributed by atoms with Crippen molar-refractivity contribution in [2.75, 3.05) is 13.2 Å². The van der Waals surface area contributed by atoms with E-state index in [0.717, 1.165) is 24.8 Å². The summed E-state index contributed by atoms with van der Waals surface area (Å²) >= 11 is 5.96. The third-order valence-corrected chi connectivity index (χ3v) is 3.89. The van der Waals surface area contributed by atoms with E-state index in [1.165, 1.54) is 0 Å². The van der Waals surface area contributed by atoms with Crippen LogP contribution in [-0.2, 0) is 4.79 Å². The highest BCUT2D eigenvalue weighted by Crippen LogP contribution is 2.30. The molecule has 2 N–H and O–H groups in total. The van der Waals surface area contributed by atoms with Crippen LogP contribution in [0.5, 0.6) is 5.75 Å². The topological polar surface area (TPSA) is 58.6 Å². The van der Waals surface area contributed by atoms with Gasteiger partial charge in [-0.25, -0.2) is 0 Å². The number of benzene rings is 1. The highest BCUT2D eigenvalue weighted by molar-refractivity contribution is 6.31. The molecular weight excluding hydrogens is 266 g/mol.